The Morgan fingerprint density at radius 2 is 0.433 bits per heavy atom. The standard InChI is InChI=1S/5C18H16/c1-13-3-6-15(7-4-13)17-10-9-16-11-14(2)5-8-18(16)12-17;1-13-6-3-8-15(12-13)17-10-5-9-16-14(2)7-4-11-18(16)17;1-13-9-11-15(12-10-13)17-7-4-6-16-14(2)5-3-8-18(16)17;1-13-6-5-7-15(12-13)17-11-10-14(2)16-8-3-4-9-18(16)17;1-13-7-10-15(11-8-13)17-12-9-14(2)16-5-3-4-6-18(16)17/h5*3-12H,1-2H3. The van der Waals surface area contributed by atoms with E-state index in [1.807, 2.05) is 0 Å². The van der Waals surface area contributed by atoms with Crippen molar-refractivity contribution in [1.29, 1.82) is 0 Å². The molecule has 0 aliphatic rings. The van der Waals surface area contributed by atoms with Crippen LogP contribution in [0.15, 0.2) is 303 Å². The minimum Gasteiger partial charge on any atom is -0.0616 e. The van der Waals surface area contributed by atoms with E-state index in [2.05, 4.69) is 373 Å². The number of hydrogen-bond donors (Lipinski definition) is 0. The summed E-state index contributed by atoms with van der Waals surface area (Å²) in [5, 5.41) is 13.3. The summed E-state index contributed by atoms with van der Waals surface area (Å²) < 4.78 is 0. The maximum absolute atomic E-state index is 2.26. The predicted molar refractivity (Wildman–Crippen MR) is 394 cm³/mol. The van der Waals surface area contributed by atoms with E-state index in [-0.39, 0.29) is 0 Å². The molecule has 0 spiro atoms. The second-order valence-electron chi connectivity index (χ2n) is 24.3. The van der Waals surface area contributed by atoms with Crippen LogP contribution < -0.4 is 0 Å². The van der Waals surface area contributed by atoms with Crippen molar-refractivity contribution in [1.82, 2.24) is 0 Å². The second-order valence-corrected chi connectivity index (χ2v) is 24.3. The summed E-state index contributed by atoms with van der Waals surface area (Å²) in [5.74, 6) is 0. The van der Waals surface area contributed by atoms with Gasteiger partial charge in [0.1, 0.15) is 0 Å². The molecule has 0 heteroatoms. The van der Waals surface area contributed by atoms with Crippen LogP contribution in [-0.2, 0) is 0 Å². The summed E-state index contributed by atoms with van der Waals surface area (Å²) >= 11 is 0. The monoisotopic (exact) mass is 1160 g/mol. The van der Waals surface area contributed by atoms with E-state index < -0.39 is 0 Å². The van der Waals surface area contributed by atoms with E-state index in [1.165, 1.54) is 165 Å². The van der Waals surface area contributed by atoms with E-state index in [0.717, 1.165) is 0 Å². The minimum atomic E-state index is 1.28. The van der Waals surface area contributed by atoms with Crippen molar-refractivity contribution in [3.05, 3.63) is 359 Å². The fourth-order valence-corrected chi connectivity index (χ4v) is 12.2. The summed E-state index contributed by atoms with van der Waals surface area (Å²) in [6, 6.07) is 109. The lowest BCUT2D eigenvalue weighted by atomic mass is 9.95. The highest BCUT2D eigenvalue weighted by Gasteiger charge is 2.10. The minimum absolute atomic E-state index is 1.28. The molecule has 0 N–H and O–H groups in total. The SMILES string of the molecule is Cc1ccc(-c2ccc(C)c3ccccc23)cc1.Cc1ccc(-c2ccc3cc(C)ccc3c2)cc1.Cc1ccc(-c2cccc3c(C)cccc23)cc1.Cc1cccc(-c2ccc(C)c3ccccc23)c1.Cc1cccc(-c2cccc3c(C)cccc23)c1. The van der Waals surface area contributed by atoms with Gasteiger partial charge in [-0.25, -0.2) is 0 Å². The third kappa shape index (κ3) is 14.4. The normalized spacial score (nSPS) is 10.8. The largest absolute Gasteiger partial charge is 0.0616 e. The molecule has 0 nitrogen and oxygen atoms in total. The smallest absolute Gasteiger partial charge is 0.0103 e. The topological polar surface area (TPSA) is 0 Å². The Morgan fingerprint density at radius 1 is 0.144 bits per heavy atom. The van der Waals surface area contributed by atoms with Crippen LogP contribution >= 0.6 is 0 Å². The first-order chi connectivity index (χ1) is 43.7. The van der Waals surface area contributed by atoms with Crippen molar-refractivity contribution in [2.24, 2.45) is 0 Å². The maximum Gasteiger partial charge on any atom is -0.0103 e. The van der Waals surface area contributed by atoms with Gasteiger partial charge in [0, 0.05) is 0 Å². The quantitative estimate of drug-likeness (QED) is 0.161. The fourth-order valence-electron chi connectivity index (χ4n) is 12.2. The summed E-state index contributed by atoms with van der Waals surface area (Å²) in [6.45, 7) is 21.4. The number of hydrogen-bond acceptors (Lipinski definition) is 0. The van der Waals surface area contributed by atoms with Crippen LogP contribution in [0.2, 0.25) is 0 Å². The molecule has 0 aromatic heterocycles. The summed E-state index contributed by atoms with van der Waals surface area (Å²) in [5.41, 5.74) is 26.2. The van der Waals surface area contributed by atoms with Crippen LogP contribution in [0.1, 0.15) is 55.6 Å². The molecule has 440 valence electrons. The van der Waals surface area contributed by atoms with Crippen molar-refractivity contribution in [2.45, 2.75) is 69.2 Å². The van der Waals surface area contributed by atoms with Crippen LogP contribution in [0.5, 0.6) is 0 Å². The molecule has 0 aliphatic carbocycles. The van der Waals surface area contributed by atoms with Crippen molar-refractivity contribution in [3.8, 4) is 55.6 Å². The van der Waals surface area contributed by atoms with E-state index in [4.69, 9.17) is 0 Å². The molecule has 15 aromatic rings. The molecule has 0 aliphatic heterocycles. The van der Waals surface area contributed by atoms with Gasteiger partial charge in [0.25, 0.3) is 0 Å². The van der Waals surface area contributed by atoms with E-state index in [1.54, 1.807) is 0 Å². The van der Waals surface area contributed by atoms with Gasteiger partial charge in [-0.05, 0) is 207 Å². The molecule has 15 rings (SSSR count). The van der Waals surface area contributed by atoms with E-state index in [0.29, 0.717) is 0 Å². The van der Waals surface area contributed by atoms with E-state index >= 15 is 0 Å². The molecule has 15 aromatic carbocycles. The van der Waals surface area contributed by atoms with Gasteiger partial charge in [0.2, 0.25) is 0 Å². The molecular formula is C90H80. The van der Waals surface area contributed by atoms with Crippen LogP contribution in [-0.4, -0.2) is 0 Å². The van der Waals surface area contributed by atoms with Gasteiger partial charge < -0.3 is 0 Å². The summed E-state index contributed by atoms with van der Waals surface area (Å²) in [7, 11) is 0. The first-order valence-corrected chi connectivity index (χ1v) is 31.5. The molecule has 0 saturated heterocycles. The molecule has 90 heavy (non-hydrogen) atoms. The Bertz CT molecular complexity index is 4800. The van der Waals surface area contributed by atoms with Gasteiger partial charge in [-0.2, -0.15) is 0 Å². The van der Waals surface area contributed by atoms with Crippen LogP contribution in [0, 0.1) is 69.2 Å². The molecule has 0 heterocycles. The highest BCUT2D eigenvalue weighted by atomic mass is 14.1. The van der Waals surface area contributed by atoms with Gasteiger partial charge in [-0.15, -0.1) is 0 Å². The third-order valence-corrected chi connectivity index (χ3v) is 17.3. The Hall–Kier alpha value is -10.4. The van der Waals surface area contributed by atoms with Gasteiger partial charge in [0.15, 0.2) is 0 Å². The first kappa shape index (κ1) is 61.3. The van der Waals surface area contributed by atoms with Crippen molar-refractivity contribution in [2.75, 3.05) is 0 Å². The zero-order valence-corrected chi connectivity index (χ0v) is 53.9. The Kier molecular flexibility index (Phi) is 19.2. The highest BCUT2D eigenvalue weighted by Crippen LogP contribution is 2.35. The second kappa shape index (κ2) is 28.2. The highest BCUT2D eigenvalue weighted by molar-refractivity contribution is 6.01. The molecule has 0 fully saturated rings. The lowest BCUT2D eigenvalue weighted by molar-refractivity contribution is 1.46. The van der Waals surface area contributed by atoms with E-state index in [9.17, 15) is 0 Å². The van der Waals surface area contributed by atoms with Gasteiger partial charge in [0.05, 0.1) is 0 Å². The molecule has 0 saturated carbocycles. The average Bonchev–Trinajstić information content (AvgIpc) is 1.87. The Labute approximate surface area is 534 Å². The molecule has 0 unspecified atom stereocenters. The maximum atomic E-state index is 2.26. The number of fused-ring (bicyclic) bond motifs is 5. The summed E-state index contributed by atoms with van der Waals surface area (Å²) in [4.78, 5) is 0. The lowest BCUT2D eigenvalue weighted by Gasteiger charge is -2.09. The molecule has 0 amide bonds. The van der Waals surface area contributed by atoms with Gasteiger partial charge in [-0.1, -0.05) is 331 Å². The number of aryl methyl sites for hydroxylation is 10. The lowest BCUT2D eigenvalue weighted by Crippen LogP contribution is -1.85. The Morgan fingerprint density at radius 3 is 0.878 bits per heavy atom. The molecule has 0 bridgehead atoms. The zero-order chi connectivity index (χ0) is 62.7. The Balaban J connectivity index is 0.000000116. The number of benzene rings is 15. The molecule has 0 radical (unpaired) electrons. The van der Waals surface area contributed by atoms with Gasteiger partial charge >= 0.3 is 0 Å². The van der Waals surface area contributed by atoms with Crippen molar-refractivity contribution in [3.63, 3.8) is 0 Å². The number of rotatable bonds is 5. The zero-order valence-electron chi connectivity index (χ0n) is 53.9. The van der Waals surface area contributed by atoms with Crippen molar-refractivity contribution < 1.29 is 0 Å². The van der Waals surface area contributed by atoms with Crippen LogP contribution in [0.4, 0.5) is 0 Å². The third-order valence-electron chi connectivity index (χ3n) is 17.3. The first-order valence-electron chi connectivity index (χ1n) is 31.5. The van der Waals surface area contributed by atoms with Crippen molar-refractivity contribution >= 4 is 53.9 Å². The molecule has 0 atom stereocenters. The van der Waals surface area contributed by atoms with Crippen LogP contribution in [0.3, 0.4) is 0 Å². The fraction of sp³-hybridized carbons (Fsp3) is 0.111. The van der Waals surface area contributed by atoms with Gasteiger partial charge in [-0.3, -0.25) is 0 Å². The average molecular weight is 1160 g/mol. The predicted octanol–water partition coefficient (Wildman–Crippen LogP) is 25.6. The molecular weight excluding hydrogens is 1080 g/mol. The van der Waals surface area contributed by atoms with Crippen LogP contribution in [0.25, 0.3) is 109 Å². The summed E-state index contributed by atoms with van der Waals surface area (Å²) in [6.07, 6.45) is 0.